The zero-order valence-corrected chi connectivity index (χ0v) is 12.9. The molecule has 5 nitrogen and oxygen atoms in total. The zero-order valence-electron chi connectivity index (χ0n) is 12.1. The van der Waals surface area contributed by atoms with Crippen LogP contribution in [0.5, 0.6) is 5.75 Å². The smallest absolute Gasteiger partial charge is 0.328 e. The number of carboxylic acids is 1. The first-order chi connectivity index (χ1) is 10.8. The fourth-order valence-corrected chi connectivity index (χ4v) is 3.32. The van der Waals surface area contributed by atoms with Gasteiger partial charge in [-0.3, -0.25) is 0 Å². The molecule has 0 bridgehead atoms. The van der Waals surface area contributed by atoms with E-state index in [-0.39, 0.29) is 15.5 Å². The predicted octanol–water partition coefficient (Wildman–Crippen LogP) is 2.76. The van der Waals surface area contributed by atoms with Crippen LogP contribution in [0.3, 0.4) is 0 Å². The van der Waals surface area contributed by atoms with Crippen LogP contribution >= 0.6 is 0 Å². The van der Waals surface area contributed by atoms with E-state index in [1.54, 1.807) is 0 Å². The summed E-state index contributed by atoms with van der Waals surface area (Å²) in [6, 6.07) is 8.64. The summed E-state index contributed by atoms with van der Waals surface area (Å²) in [5.41, 5.74) is 0.474. The molecular weight excluding hydrogens is 323 g/mol. The molecule has 23 heavy (non-hydrogen) atoms. The standard InChI is InChI=1S/C16H13FO5S/c1-22-14-10-11(3-9-16(18)19)2-8-15(14)23(20,21)13-6-4-12(17)5-7-13/h2-10H,1H3,(H,18,19). The number of methoxy groups -OCH3 is 1. The van der Waals surface area contributed by atoms with Crippen LogP contribution < -0.4 is 4.74 Å². The van der Waals surface area contributed by atoms with E-state index in [1.807, 2.05) is 0 Å². The third kappa shape index (κ3) is 3.75. The first kappa shape index (κ1) is 16.7. The summed E-state index contributed by atoms with van der Waals surface area (Å²) < 4.78 is 43.2. The molecule has 120 valence electrons. The Bertz CT molecular complexity index is 855. The highest BCUT2D eigenvalue weighted by Gasteiger charge is 2.22. The van der Waals surface area contributed by atoms with Crippen molar-refractivity contribution in [1.29, 1.82) is 0 Å². The largest absolute Gasteiger partial charge is 0.495 e. The van der Waals surface area contributed by atoms with E-state index in [9.17, 15) is 17.6 Å². The van der Waals surface area contributed by atoms with Crippen molar-refractivity contribution in [2.75, 3.05) is 7.11 Å². The topological polar surface area (TPSA) is 80.7 Å². The van der Waals surface area contributed by atoms with Crippen molar-refractivity contribution in [3.05, 3.63) is 59.9 Å². The molecule has 2 rings (SSSR count). The SMILES string of the molecule is COc1cc(C=CC(=O)O)ccc1S(=O)(=O)c1ccc(F)cc1. The summed E-state index contributed by atoms with van der Waals surface area (Å²) in [6.07, 6.45) is 2.25. The molecule has 0 amide bonds. The third-order valence-electron chi connectivity index (χ3n) is 3.02. The Morgan fingerprint density at radius 3 is 2.39 bits per heavy atom. The Labute approximate surface area is 132 Å². The molecule has 7 heteroatoms. The van der Waals surface area contributed by atoms with E-state index < -0.39 is 21.6 Å². The van der Waals surface area contributed by atoms with Crippen LogP contribution in [0.15, 0.2) is 58.3 Å². The van der Waals surface area contributed by atoms with Gasteiger partial charge >= 0.3 is 5.97 Å². The van der Waals surface area contributed by atoms with Crippen molar-refractivity contribution in [2.45, 2.75) is 9.79 Å². The molecule has 0 spiro atoms. The quantitative estimate of drug-likeness (QED) is 0.671. The van der Waals surface area contributed by atoms with E-state index in [0.717, 1.165) is 18.2 Å². The lowest BCUT2D eigenvalue weighted by Gasteiger charge is -2.10. The molecule has 0 heterocycles. The maximum atomic E-state index is 13.0. The highest BCUT2D eigenvalue weighted by Crippen LogP contribution is 2.30. The van der Waals surface area contributed by atoms with E-state index in [1.165, 1.54) is 43.5 Å². The van der Waals surface area contributed by atoms with Crippen LogP contribution in [-0.4, -0.2) is 26.6 Å². The van der Waals surface area contributed by atoms with Crippen LogP contribution in [0, 0.1) is 5.82 Å². The molecule has 0 atom stereocenters. The number of rotatable bonds is 5. The normalized spacial score (nSPS) is 11.6. The molecule has 0 saturated carbocycles. The molecule has 0 radical (unpaired) electrons. The highest BCUT2D eigenvalue weighted by molar-refractivity contribution is 7.91. The van der Waals surface area contributed by atoms with Gasteiger partial charge in [-0.15, -0.1) is 0 Å². The number of ether oxygens (including phenoxy) is 1. The van der Waals surface area contributed by atoms with Crippen molar-refractivity contribution >= 4 is 21.9 Å². The van der Waals surface area contributed by atoms with Gasteiger partial charge in [0.05, 0.1) is 12.0 Å². The maximum Gasteiger partial charge on any atom is 0.328 e. The van der Waals surface area contributed by atoms with Gasteiger partial charge in [0, 0.05) is 6.08 Å². The molecule has 0 aliphatic rings. The molecule has 0 fully saturated rings. The number of carbonyl (C=O) groups is 1. The van der Waals surface area contributed by atoms with Gasteiger partial charge in [0.1, 0.15) is 16.5 Å². The molecule has 0 aliphatic heterocycles. The summed E-state index contributed by atoms with van der Waals surface area (Å²) >= 11 is 0. The average molecular weight is 336 g/mol. The monoisotopic (exact) mass is 336 g/mol. The second kappa shape index (κ2) is 6.62. The van der Waals surface area contributed by atoms with E-state index in [2.05, 4.69) is 0 Å². The average Bonchev–Trinajstić information content (AvgIpc) is 2.53. The second-order valence-corrected chi connectivity index (χ2v) is 6.46. The number of hydrogen-bond donors (Lipinski definition) is 1. The van der Waals surface area contributed by atoms with Crippen molar-refractivity contribution in [1.82, 2.24) is 0 Å². The fraction of sp³-hybridized carbons (Fsp3) is 0.0625. The van der Waals surface area contributed by atoms with Gasteiger partial charge in [0.2, 0.25) is 9.84 Å². The number of carboxylic acid groups (broad SMARTS) is 1. The fourth-order valence-electron chi connectivity index (χ4n) is 1.92. The van der Waals surface area contributed by atoms with Crippen molar-refractivity contribution < 1.29 is 27.4 Å². The molecule has 0 unspecified atom stereocenters. The van der Waals surface area contributed by atoms with Crippen molar-refractivity contribution in [2.24, 2.45) is 0 Å². The Hall–Kier alpha value is -2.67. The van der Waals surface area contributed by atoms with Crippen LogP contribution in [-0.2, 0) is 14.6 Å². The van der Waals surface area contributed by atoms with Gasteiger partial charge in [-0.2, -0.15) is 0 Å². The summed E-state index contributed by atoms with van der Waals surface area (Å²) in [5.74, 6) is -1.58. The number of aliphatic carboxylic acids is 1. The Balaban J connectivity index is 2.50. The van der Waals surface area contributed by atoms with Gasteiger partial charge in [-0.05, 0) is 48.0 Å². The minimum absolute atomic E-state index is 0.0639. The van der Waals surface area contributed by atoms with E-state index in [4.69, 9.17) is 9.84 Å². The molecular formula is C16H13FO5S. The Kier molecular flexibility index (Phi) is 4.80. The number of benzene rings is 2. The van der Waals surface area contributed by atoms with Gasteiger partial charge in [-0.25, -0.2) is 17.6 Å². The van der Waals surface area contributed by atoms with Crippen LogP contribution in [0.25, 0.3) is 6.08 Å². The van der Waals surface area contributed by atoms with Crippen LogP contribution in [0.2, 0.25) is 0 Å². The number of sulfone groups is 1. The zero-order chi connectivity index (χ0) is 17.0. The molecule has 2 aromatic carbocycles. The molecule has 1 N–H and O–H groups in total. The minimum Gasteiger partial charge on any atom is -0.495 e. The maximum absolute atomic E-state index is 13.0. The first-order valence-electron chi connectivity index (χ1n) is 6.44. The summed E-state index contributed by atoms with van der Waals surface area (Å²) in [6.45, 7) is 0. The summed E-state index contributed by atoms with van der Waals surface area (Å²) in [7, 11) is -2.57. The Morgan fingerprint density at radius 2 is 1.83 bits per heavy atom. The number of hydrogen-bond acceptors (Lipinski definition) is 4. The lowest BCUT2D eigenvalue weighted by atomic mass is 10.2. The van der Waals surface area contributed by atoms with Crippen LogP contribution in [0.4, 0.5) is 4.39 Å². The summed E-state index contributed by atoms with van der Waals surface area (Å²) in [5, 5.41) is 8.61. The Morgan fingerprint density at radius 1 is 1.17 bits per heavy atom. The first-order valence-corrected chi connectivity index (χ1v) is 7.92. The van der Waals surface area contributed by atoms with Crippen LogP contribution in [0.1, 0.15) is 5.56 Å². The minimum atomic E-state index is -3.88. The van der Waals surface area contributed by atoms with Crippen molar-refractivity contribution in [3.8, 4) is 5.75 Å². The lowest BCUT2D eigenvalue weighted by molar-refractivity contribution is -0.131. The second-order valence-electron chi connectivity index (χ2n) is 4.54. The lowest BCUT2D eigenvalue weighted by Crippen LogP contribution is -2.04. The predicted molar refractivity (Wildman–Crippen MR) is 81.5 cm³/mol. The van der Waals surface area contributed by atoms with Gasteiger partial charge in [0.25, 0.3) is 0 Å². The summed E-state index contributed by atoms with van der Waals surface area (Å²) in [4.78, 5) is 10.4. The van der Waals surface area contributed by atoms with Gasteiger partial charge in [0.15, 0.2) is 0 Å². The highest BCUT2D eigenvalue weighted by atomic mass is 32.2. The van der Waals surface area contributed by atoms with E-state index in [0.29, 0.717) is 5.56 Å². The third-order valence-corrected chi connectivity index (χ3v) is 4.83. The molecule has 2 aromatic rings. The number of halogens is 1. The van der Waals surface area contributed by atoms with E-state index >= 15 is 0 Å². The molecule has 0 aliphatic carbocycles. The molecule has 0 saturated heterocycles. The molecule has 0 aromatic heterocycles. The van der Waals surface area contributed by atoms with Gasteiger partial charge < -0.3 is 9.84 Å². The van der Waals surface area contributed by atoms with Crippen molar-refractivity contribution in [3.63, 3.8) is 0 Å². The van der Waals surface area contributed by atoms with Gasteiger partial charge in [-0.1, -0.05) is 6.07 Å².